The molecule has 0 saturated carbocycles. The lowest BCUT2D eigenvalue weighted by Gasteiger charge is -2.11. The molecule has 21 heavy (non-hydrogen) atoms. The van der Waals surface area contributed by atoms with Gasteiger partial charge >= 0.3 is 0 Å². The Balaban J connectivity index is 2.24. The molecule has 1 aromatic heterocycles. The summed E-state index contributed by atoms with van der Waals surface area (Å²) in [4.78, 5) is 0. The van der Waals surface area contributed by atoms with Crippen molar-refractivity contribution in [3.05, 3.63) is 30.3 Å². The van der Waals surface area contributed by atoms with E-state index in [-0.39, 0.29) is 16.8 Å². The van der Waals surface area contributed by atoms with Crippen molar-refractivity contribution in [3.8, 4) is 5.69 Å². The molecule has 2 aromatic rings. The molecule has 1 aromatic carbocycles. The highest BCUT2D eigenvalue weighted by Gasteiger charge is 2.25. The molecule has 0 unspecified atom stereocenters. The van der Waals surface area contributed by atoms with E-state index in [4.69, 9.17) is 0 Å². The number of unbranched alkanes of at least 4 members (excludes halogenated alkanes) is 1. The third-order valence-corrected chi connectivity index (χ3v) is 5.09. The molecule has 7 heteroatoms. The first kappa shape index (κ1) is 15.6. The lowest BCUT2D eigenvalue weighted by Crippen LogP contribution is -2.18. The number of benzene rings is 1. The fourth-order valence-corrected chi connectivity index (χ4v) is 3.82. The van der Waals surface area contributed by atoms with Gasteiger partial charge in [-0.3, -0.25) is 0 Å². The summed E-state index contributed by atoms with van der Waals surface area (Å²) in [7, 11) is -3.50. The smallest absolute Gasteiger partial charge is 0.220 e. The van der Waals surface area contributed by atoms with Crippen LogP contribution in [0.15, 0.2) is 35.5 Å². The highest BCUT2D eigenvalue weighted by Crippen LogP contribution is 2.17. The Morgan fingerprint density at radius 2 is 1.95 bits per heavy atom. The van der Waals surface area contributed by atoms with E-state index in [1.54, 1.807) is 12.1 Å². The Hall–Kier alpha value is -1.76. The summed E-state index contributed by atoms with van der Waals surface area (Å²) in [6, 6.07) is 9.04. The first-order chi connectivity index (χ1) is 10.0. The SMILES string of the molecule is CCCC[C@H](C)CS(=O)(=O)c1nnnn1-c1ccccc1. The fourth-order valence-electron chi connectivity index (χ4n) is 2.19. The summed E-state index contributed by atoms with van der Waals surface area (Å²) in [6.45, 7) is 4.04. The van der Waals surface area contributed by atoms with E-state index in [0.29, 0.717) is 5.69 Å². The largest absolute Gasteiger partial charge is 0.272 e. The average molecular weight is 308 g/mol. The normalized spacial score (nSPS) is 13.2. The molecule has 114 valence electrons. The van der Waals surface area contributed by atoms with Crippen molar-refractivity contribution in [2.24, 2.45) is 5.92 Å². The minimum Gasteiger partial charge on any atom is -0.220 e. The number of rotatable bonds is 7. The van der Waals surface area contributed by atoms with Crippen molar-refractivity contribution in [1.82, 2.24) is 20.2 Å². The number of hydrogen-bond acceptors (Lipinski definition) is 5. The second-order valence-corrected chi connectivity index (χ2v) is 7.17. The molecule has 0 aliphatic carbocycles. The molecule has 0 N–H and O–H groups in total. The summed E-state index contributed by atoms with van der Waals surface area (Å²) >= 11 is 0. The molecule has 0 spiro atoms. The highest BCUT2D eigenvalue weighted by atomic mass is 32.2. The van der Waals surface area contributed by atoms with Gasteiger partial charge in [0.15, 0.2) is 0 Å². The predicted molar refractivity (Wildman–Crippen MR) is 79.9 cm³/mol. The summed E-state index contributed by atoms with van der Waals surface area (Å²) in [6.07, 6.45) is 2.98. The number of para-hydroxylation sites is 1. The maximum absolute atomic E-state index is 12.5. The number of hydrogen-bond donors (Lipinski definition) is 0. The Labute approximate surface area is 125 Å². The summed E-state index contributed by atoms with van der Waals surface area (Å²) in [5.41, 5.74) is 0.641. The summed E-state index contributed by atoms with van der Waals surface area (Å²) in [5, 5.41) is 10.9. The van der Waals surface area contributed by atoms with Crippen molar-refractivity contribution in [1.29, 1.82) is 0 Å². The Morgan fingerprint density at radius 3 is 2.62 bits per heavy atom. The van der Waals surface area contributed by atoms with Crippen LogP contribution < -0.4 is 0 Å². The van der Waals surface area contributed by atoms with Gasteiger partial charge in [-0.05, 0) is 34.9 Å². The van der Waals surface area contributed by atoms with Gasteiger partial charge in [-0.15, -0.1) is 0 Å². The van der Waals surface area contributed by atoms with E-state index in [1.807, 2.05) is 25.1 Å². The lowest BCUT2D eigenvalue weighted by atomic mass is 10.1. The van der Waals surface area contributed by atoms with Crippen molar-refractivity contribution in [2.45, 2.75) is 38.3 Å². The molecule has 1 atom stereocenters. The van der Waals surface area contributed by atoms with E-state index in [9.17, 15) is 8.42 Å². The first-order valence-corrected chi connectivity index (χ1v) is 8.76. The number of aromatic nitrogens is 4. The maximum Gasteiger partial charge on any atom is 0.272 e. The van der Waals surface area contributed by atoms with Crippen molar-refractivity contribution in [2.75, 3.05) is 5.75 Å². The van der Waals surface area contributed by atoms with E-state index >= 15 is 0 Å². The molecule has 1 heterocycles. The van der Waals surface area contributed by atoms with Gasteiger partial charge in [0.25, 0.3) is 5.16 Å². The van der Waals surface area contributed by atoms with Crippen LogP contribution >= 0.6 is 0 Å². The second kappa shape index (κ2) is 6.80. The van der Waals surface area contributed by atoms with Crippen molar-refractivity contribution in [3.63, 3.8) is 0 Å². The molecule has 6 nitrogen and oxygen atoms in total. The molecule has 2 rings (SSSR count). The zero-order valence-corrected chi connectivity index (χ0v) is 13.1. The van der Waals surface area contributed by atoms with Gasteiger partial charge in [0, 0.05) is 0 Å². The zero-order chi connectivity index (χ0) is 15.3. The van der Waals surface area contributed by atoms with Crippen molar-refractivity contribution >= 4 is 9.84 Å². The molecule has 0 aliphatic heterocycles. The van der Waals surface area contributed by atoms with Gasteiger partial charge in [0.05, 0.1) is 11.4 Å². The molecular weight excluding hydrogens is 288 g/mol. The van der Waals surface area contributed by atoms with E-state index in [1.165, 1.54) is 4.68 Å². The van der Waals surface area contributed by atoms with E-state index in [0.717, 1.165) is 19.3 Å². The van der Waals surface area contributed by atoms with E-state index < -0.39 is 9.84 Å². The molecule has 0 amide bonds. The van der Waals surface area contributed by atoms with E-state index in [2.05, 4.69) is 22.4 Å². The Morgan fingerprint density at radius 1 is 1.24 bits per heavy atom. The van der Waals surface area contributed by atoms with Gasteiger partial charge in [-0.25, -0.2) is 8.42 Å². The highest BCUT2D eigenvalue weighted by molar-refractivity contribution is 7.91. The van der Waals surface area contributed by atoms with Crippen LogP contribution in [0.1, 0.15) is 33.1 Å². The predicted octanol–water partition coefficient (Wildman–Crippen LogP) is 2.26. The van der Waals surface area contributed by atoms with Gasteiger partial charge in [-0.1, -0.05) is 50.0 Å². The number of sulfone groups is 1. The van der Waals surface area contributed by atoms with Gasteiger partial charge in [0.1, 0.15) is 0 Å². The third kappa shape index (κ3) is 3.87. The Bertz CT molecular complexity index is 667. The van der Waals surface area contributed by atoms with Crippen LogP contribution in [-0.2, 0) is 9.84 Å². The Kier molecular flexibility index (Phi) is 5.06. The number of tetrazole rings is 1. The van der Waals surface area contributed by atoms with Crippen LogP contribution in [0.5, 0.6) is 0 Å². The van der Waals surface area contributed by atoms with Crippen molar-refractivity contribution < 1.29 is 8.42 Å². The summed E-state index contributed by atoms with van der Waals surface area (Å²) < 4.78 is 26.3. The molecule has 0 bridgehead atoms. The fraction of sp³-hybridized carbons (Fsp3) is 0.500. The summed E-state index contributed by atoms with van der Waals surface area (Å²) in [5.74, 6) is 0.163. The molecule has 0 fully saturated rings. The van der Waals surface area contributed by atoms with Crippen LogP contribution in [0, 0.1) is 5.92 Å². The van der Waals surface area contributed by atoms with Gasteiger partial charge < -0.3 is 0 Å². The maximum atomic E-state index is 12.5. The van der Waals surface area contributed by atoms with Crippen LogP contribution in [0.3, 0.4) is 0 Å². The van der Waals surface area contributed by atoms with Gasteiger partial charge in [0.2, 0.25) is 9.84 Å². The van der Waals surface area contributed by atoms with Crippen LogP contribution in [0.25, 0.3) is 5.69 Å². The molecule has 0 radical (unpaired) electrons. The standard InChI is InChI=1S/C14H20N4O2S/c1-3-4-8-12(2)11-21(19,20)14-15-16-17-18(14)13-9-6-5-7-10-13/h5-7,9-10,12H,3-4,8,11H2,1-2H3/t12-/m0/s1. The minimum absolute atomic E-state index is 0.0696. The minimum atomic E-state index is -3.50. The monoisotopic (exact) mass is 308 g/mol. The first-order valence-electron chi connectivity index (χ1n) is 7.11. The second-order valence-electron chi connectivity index (χ2n) is 5.24. The van der Waals surface area contributed by atoms with Gasteiger partial charge in [-0.2, -0.15) is 4.68 Å². The lowest BCUT2D eigenvalue weighted by molar-refractivity contribution is 0.524. The topological polar surface area (TPSA) is 77.7 Å². The van der Waals surface area contributed by atoms with Crippen LogP contribution in [0.2, 0.25) is 0 Å². The number of nitrogens with zero attached hydrogens (tertiary/aromatic N) is 4. The molecule has 0 saturated heterocycles. The van der Waals surface area contributed by atoms with Crippen LogP contribution in [-0.4, -0.2) is 34.4 Å². The van der Waals surface area contributed by atoms with Crippen LogP contribution in [0.4, 0.5) is 0 Å². The quantitative estimate of drug-likeness (QED) is 0.784. The molecular formula is C14H20N4O2S. The molecule has 0 aliphatic rings. The zero-order valence-electron chi connectivity index (χ0n) is 12.3. The average Bonchev–Trinajstić information content (AvgIpc) is 2.96. The third-order valence-electron chi connectivity index (χ3n) is 3.27.